The van der Waals surface area contributed by atoms with Gasteiger partial charge in [0.25, 0.3) is 0 Å². The third kappa shape index (κ3) is 2.63. The van der Waals surface area contributed by atoms with E-state index >= 15 is 0 Å². The van der Waals surface area contributed by atoms with Crippen molar-refractivity contribution in [3.63, 3.8) is 0 Å². The number of hydrogen-bond acceptors (Lipinski definition) is 1. The fraction of sp³-hybridized carbons (Fsp3) is 0.706. The van der Waals surface area contributed by atoms with Gasteiger partial charge in [-0.05, 0) is 37.7 Å². The highest BCUT2D eigenvalue weighted by Gasteiger charge is 2.34. The second-order valence-electron chi connectivity index (χ2n) is 6.81. The van der Waals surface area contributed by atoms with Gasteiger partial charge in [-0.2, -0.15) is 0 Å². The van der Waals surface area contributed by atoms with Crippen molar-refractivity contribution in [2.75, 3.05) is 0 Å². The summed E-state index contributed by atoms with van der Waals surface area (Å²) in [5, 5.41) is 0. The Morgan fingerprint density at radius 2 is 2.00 bits per heavy atom. The minimum atomic E-state index is 0.108. The van der Waals surface area contributed by atoms with E-state index in [0.29, 0.717) is 18.2 Å². The summed E-state index contributed by atoms with van der Waals surface area (Å²) in [4.78, 5) is 12.3. The van der Waals surface area contributed by atoms with Crippen LogP contribution in [-0.2, 0) is 6.42 Å². The van der Waals surface area contributed by atoms with Crippen LogP contribution in [0.15, 0.2) is 6.07 Å². The molecule has 1 atom stereocenters. The fourth-order valence-electron chi connectivity index (χ4n) is 3.53. The fourth-order valence-corrected chi connectivity index (χ4v) is 3.53. The molecule has 1 aliphatic carbocycles. The number of rotatable bonds is 4. The van der Waals surface area contributed by atoms with Crippen molar-refractivity contribution in [2.45, 2.75) is 72.8 Å². The van der Waals surface area contributed by atoms with Crippen LogP contribution in [0.4, 0.5) is 0 Å². The summed E-state index contributed by atoms with van der Waals surface area (Å²) < 4.78 is 2.46. The molecule has 2 heteroatoms. The first-order chi connectivity index (χ1) is 8.89. The third-order valence-corrected chi connectivity index (χ3v) is 4.38. The van der Waals surface area contributed by atoms with Gasteiger partial charge >= 0.3 is 0 Å². The largest absolute Gasteiger partial charge is 0.345 e. The van der Waals surface area contributed by atoms with E-state index < -0.39 is 0 Å². The Morgan fingerprint density at radius 3 is 2.58 bits per heavy atom. The number of aryl methyl sites for hydroxylation is 1. The molecule has 1 aromatic rings. The predicted octanol–water partition coefficient (Wildman–Crippen LogP) is 4.70. The maximum absolute atomic E-state index is 12.3. The van der Waals surface area contributed by atoms with Crippen molar-refractivity contribution < 1.29 is 4.79 Å². The van der Waals surface area contributed by atoms with Crippen LogP contribution >= 0.6 is 0 Å². The molecule has 0 radical (unpaired) electrons. The average Bonchev–Trinajstić information content (AvgIpc) is 2.62. The zero-order chi connectivity index (χ0) is 14.2. The molecule has 19 heavy (non-hydrogen) atoms. The Morgan fingerprint density at radius 1 is 1.32 bits per heavy atom. The van der Waals surface area contributed by atoms with Crippen LogP contribution in [0.3, 0.4) is 0 Å². The van der Waals surface area contributed by atoms with Crippen LogP contribution in [0.5, 0.6) is 0 Å². The van der Waals surface area contributed by atoms with Gasteiger partial charge in [0.05, 0.1) is 0 Å². The number of hydrogen-bond donors (Lipinski definition) is 0. The van der Waals surface area contributed by atoms with E-state index in [0.717, 1.165) is 18.4 Å². The van der Waals surface area contributed by atoms with Gasteiger partial charge in [-0.1, -0.05) is 34.1 Å². The smallest absolute Gasteiger partial charge is 0.165 e. The molecular weight excluding hydrogens is 234 g/mol. The van der Waals surface area contributed by atoms with Crippen LogP contribution in [0.25, 0.3) is 0 Å². The summed E-state index contributed by atoms with van der Waals surface area (Å²) in [7, 11) is 0. The monoisotopic (exact) mass is 261 g/mol. The van der Waals surface area contributed by atoms with Gasteiger partial charge in [-0.15, -0.1) is 0 Å². The van der Waals surface area contributed by atoms with Gasteiger partial charge in [0, 0.05) is 29.4 Å². The molecule has 0 aliphatic heterocycles. The lowest BCUT2D eigenvalue weighted by atomic mass is 9.76. The highest BCUT2D eigenvalue weighted by atomic mass is 16.1. The van der Waals surface area contributed by atoms with Gasteiger partial charge in [-0.25, -0.2) is 0 Å². The molecule has 0 fully saturated rings. The Labute approximate surface area is 117 Å². The molecule has 0 saturated heterocycles. The number of carbonyl (C=O) groups excluding carboxylic acids is 1. The molecule has 2 rings (SSSR count). The van der Waals surface area contributed by atoms with E-state index in [1.54, 1.807) is 0 Å². The van der Waals surface area contributed by atoms with Crippen molar-refractivity contribution in [2.24, 2.45) is 5.41 Å². The lowest BCUT2D eigenvalue weighted by Gasteiger charge is -2.32. The summed E-state index contributed by atoms with van der Waals surface area (Å²) in [6.45, 7) is 11.1. The average molecular weight is 261 g/mol. The van der Waals surface area contributed by atoms with Crippen molar-refractivity contribution in [3.8, 4) is 0 Å². The highest BCUT2D eigenvalue weighted by Crippen LogP contribution is 2.38. The van der Waals surface area contributed by atoms with Crippen LogP contribution in [-0.4, -0.2) is 10.4 Å². The molecular formula is C17H27NO. The Kier molecular flexibility index (Phi) is 3.89. The first kappa shape index (κ1) is 14.4. The molecule has 0 aromatic carbocycles. The summed E-state index contributed by atoms with van der Waals surface area (Å²) in [6.07, 6.45) is 5.26. The first-order valence-electron chi connectivity index (χ1n) is 7.63. The van der Waals surface area contributed by atoms with Crippen molar-refractivity contribution in [1.29, 1.82) is 0 Å². The molecule has 1 aromatic heterocycles. The lowest BCUT2D eigenvalue weighted by molar-refractivity contribution is 0.0909. The first-order valence-corrected chi connectivity index (χ1v) is 7.63. The maximum atomic E-state index is 12.3. The minimum absolute atomic E-state index is 0.108. The van der Waals surface area contributed by atoms with Gasteiger partial charge in [0.2, 0.25) is 0 Å². The number of nitrogens with zero attached hydrogens (tertiary/aromatic N) is 1. The van der Waals surface area contributed by atoms with E-state index in [9.17, 15) is 4.79 Å². The van der Waals surface area contributed by atoms with Crippen LogP contribution < -0.4 is 0 Å². The van der Waals surface area contributed by atoms with Gasteiger partial charge < -0.3 is 4.57 Å². The SMILES string of the molecule is CCCC(CC)n1c(C)cc2c1CC(C)(C)CC2=O. The molecule has 0 amide bonds. The van der Waals surface area contributed by atoms with E-state index in [1.165, 1.54) is 24.2 Å². The molecule has 1 heterocycles. The van der Waals surface area contributed by atoms with E-state index in [1.807, 2.05) is 0 Å². The molecule has 1 unspecified atom stereocenters. The zero-order valence-electron chi connectivity index (χ0n) is 13.0. The van der Waals surface area contributed by atoms with Crippen LogP contribution in [0.2, 0.25) is 0 Å². The van der Waals surface area contributed by atoms with Gasteiger partial charge in [0.1, 0.15) is 0 Å². The van der Waals surface area contributed by atoms with Crippen LogP contribution in [0, 0.1) is 12.3 Å². The summed E-state index contributed by atoms with van der Waals surface area (Å²) in [6, 6.07) is 2.67. The number of Topliss-reactive ketones (excluding diaryl/α,β-unsaturated/α-hetero) is 1. The van der Waals surface area contributed by atoms with Gasteiger partial charge in [0.15, 0.2) is 5.78 Å². The molecule has 0 saturated carbocycles. The zero-order valence-corrected chi connectivity index (χ0v) is 13.0. The van der Waals surface area contributed by atoms with E-state index in [4.69, 9.17) is 0 Å². The number of aromatic nitrogens is 1. The summed E-state index contributed by atoms with van der Waals surface area (Å²) in [5.41, 5.74) is 3.65. The second kappa shape index (κ2) is 5.15. The molecule has 0 N–H and O–H groups in total. The normalized spacial score (nSPS) is 19.3. The molecule has 0 bridgehead atoms. The van der Waals surface area contributed by atoms with Crippen molar-refractivity contribution in [3.05, 3.63) is 23.0 Å². The van der Waals surface area contributed by atoms with Crippen molar-refractivity contribution >= 4 is 5.78 Å². The van der Waals surface area contributed by atoms with Crippen molar-refractivity contribution in [1.82, 2.24) is 4.57 Å². The third-order valence-electron chi connectivity index (χ3n) is 4.38. The second-order valence-corrected chi connectivity index (χ2v) is 6.81. The summed E-state index contributed by atoms with van der Waals surface area (Å²) >= 11 is 0. The molecule has 2 nitrogen and oxygen atoms in total. The van der Waals surface area contributed by atoms with E-state index in [2.05, 4.69) is 45.3 Å². The molecule has 106 valence electrons. The quantitative estimate of drug-likeness (QED) is 0.769. The Balaban J connectivity index is 2.49. The van der Waals surface area contributed by atoms with Crippen LogP contribution in [0.1, 0.15) is 81.2 Å². The topological polar surface area (TPSA) is 22.0 Å². The van der Waals surface area contributed by atoms with Gasteiger partial charge in [-0.3, -0.25) is 4.79 Å². The highest BCUT2D eigenvalue weighted by molar-refractivity contribution is 5.99. The lowest BCUT2D eigenvalue weighted by Crippen LogP contribution is -2.29. The standard InChI is InChI=1S/C17H27NO/c1-6-8-13(7-2)18-12(3)9-14-15(18)10-17(4,5)11-16(14)19/h9,13H,6-8,10-11H2,1-5H3. The minimum Gasteiger partial charge on any atom is -0.345 e. The maximum Gasteiger partial charge on any atom is 0.165 e. The molecule has 1 aliphatic rings. The number of carbonyl (C=O) groups is 1. The predicted molar refractivity (Wildman–Crippen MR) is 79.8 cm³/mol. The number of ketones is 1. The Hall–Kier alpha value is -1.05. The number of fused-ring (bicyclic) bond motifs is 1. The molecule has 0 spiro atoms. The summed E-state index contributed by atoms with van der Waals surface area (Å²) in [5.74, 6) is 0.333. The Bertz CT molecular complexity index is 482. The van der Waals surface area contributed by atoms with E-state index in [-0.39, 0.29) is 5.41 Å².